The minimum Gasteiger partial charge on any atom is -0.496 e. The van der Waals surface area contributed by atoms with Crippen LogP contribution in [0.1, 0.15) is 11.1 Å². The molecule has 1 heterocycles. The molecule has 0 saturated heterocycles. The van der Waals surface area contributed by atoms with E-state index < -0.39 is 0 Å². The topological polar surface area (TPSA) is 18.5 Å². The second kappa shape index (κ2) is 2.70. The summed E-state index contributed by atoms with van der Waals surface area (Å²) in [6, 6.07) is 4.11. The normalized spacial score (nSPS) is 13.8. The minimum atomic E-state index is 0.807. The van der Waals surface area contributed by atoms with E-state index in [1.165, 1.54) is 11.1 Å². The van der Waals surface area contributed by atoms with Gasteiger partial charge in [-0.15, -0.1) is 0 Å². The Morgan fingerprint density at radius 1 is 1.42 bits per heavy atom. The SMILES string of the molecule is COc1cc2c(cc1C)CCO2. The van der Waals surface area contributed by atoms with Crippen molar-refractivity contribution in [3.63, 3.8) is 0 Å². The smallest absolute Gasteiger partial charge is 0.126 e. The summed E-state index contributed by atoms with van der Waals surface area (Å²) in [7, 11) is 1.68. The van der Waals surface area contributed by atoms with Gasteiger partial charge in [0.25, 0.3) is 0 Å². The maximum atomic E-state index is 5.42. The Labute approximate surface area is 72.1 Å². The monoisotopic (exact) mass is 164 g/mol. The zero-order valence-electron chi connectivity index (χ0n) is 7.39. The molecule has 0 aliphatic carbocycles. The lowest BCUT2D eigenvalue weighted by molar-refractivity contribution is 0.352. The number of rotatable bonds is 1. The molecule has 0 spiro atoms. The minimum absolute atomic E-state index is 0.807. The van der Waals surface area contributed by atoms with Crippen LogP contribution < -0.4 is 9.47 Å². The highest BCUT2D eigenvalue weighted by atomic mass is 16.5. The molecule has 2 heteroatoms. The van der Waals surface area contributed by atoms with E-state index in [9.17, 15) is 0 Å². The number of ether oxygens (including phenoxy) is 2. The van der Waals surface area contributed by atoms with Crippen LogP contribution in [0.2, 0.25) is 0 Å². The van der Waals surface area contributed by atoms with E-state index in [4.69, 9.17) is 9.47 Å². The molecule has 0 unspecified atom stereocenters. The highest BCUT2D eigenvalue weighted by Gasteiger charge is 2.14. The van der Waals surface area contributed by atoms with Gasteiger partial charge in [0.1, 0.15) is 11.5 Å². The molecule has 1 aliphatic rings. The Balaban J connectivity index is 2.49. The summed E-state index contributed by atoms with van der Waals surface area (Å²) in [5, 5.41) is 0. The van der Waals surface area contributed by atoms with E-state index in [0.717, 1.165) is 24.5 Å². The number of hydrogen-bond acceptors (Lipinski definition) is 2. The van der Waals surface area contributed by atoms with Crippen LogP contribution in [0.5, 0.6) is 11.5 Å². The fourth-order valence-electron chi connectivity index (χ4n) is 1.55. The highest BCUT2D eigenvalue weighted by Crippen LogP contribution is 2.32. The first-order valence-electron chi connectivity index (χ1n) is 4.11. The average Bonchev–Trinajstić information content (AvgIpc) is 2.49. The summed E-state index contributed by atoms with van der Waals surface area (Å²) in [6.45, 7) is 2.86. The molecule has 1 aromatic carbocycles. The van der Waals surface area contributed by atoms with Gasteiger partial charge in [0, 0.05) is 12.5 Å². The van der Waals surface area contributed by atoms with Crippen LogP contribution in [0.3, 0.4) is 0 Å². The lowest BCUT2D eigenvalue weighted by Crippen LogP contribution is -1.88. The lowest BCUT2D eigenvalue weighted by atomic mass is 10.1. The van der Waals surface area contributed by atoms with E-state index >= 15 is 0 Å². The van der Waals surface area contributed by atoms with E-state index in [1.54, 1.807) is 7.11 Å². The molecule has 0 fully saturated rings. The maximum Gasteiger partial charge on any atom is 0.126 e. The maximum absolute atomic E-state index is 5.42. The average molecular weight is 164 g/mol. The van der Waals surface area contributed by atoms with Crippen molar-refractivity contribution in [1.82, 2.24) is 0 Å². The van der Waals surface area contributed by atoms with Crippen molar-refractivity contribution < 1.29 is 9.47 Å². The van der Waals surface area contributed by atoms with Crippen molar-refractivity contribution in [2.24, 2.45) is 0 Å². The van der Waals surface area contributed by atoms with Crippen LogP contribution in [0.4, 0.5) is 0 Å². The number of fused-ring (bicyclic) bond motifs is 1. The number of methoxy groups -OCH3 is 1. The summed E-state index contributed by atoms with van der Waals surface area (Å²) in [5.74, 6) is 1.90. The van der Waals surface area contributed by atoms with Gasteiger partial charge in [-0.2, -0.15) is 0 Å². The Bertz CT molecular complexity index is 304. The van der Waals surface area contributed by atoms with Gasteiger partial charge < -0.3 is 9.47 Å². The Kier molecular flexibility index (Phi) is 1.68. The van der Waals surface area contributed by atoms with Crippen LogP contribution in [0.15, 0.2) is 12.1 Å². The van der Waals surface area contributed by atoms with E-state index in [2.05, 4.69) is 13.0 Å². The van der Waals surface area contributed by atoms with E-state index in [1.807, 2.05) is 6.07 Å². The summed E-state index contributed by atoms with van der Waals surface area (Å²) >= 11 is 0. The lowest BCUT2D eigenvalue weighted by Gasteiger charge is -2.06. The molecule has 1 aromatic rings. The summed E-state index contributed by atoms with van der Waals surface area (Å²) in [6.07, 6.45) is 1.03. The third kappa shape index (κ3) is 1.04. The van der Waals surface area contributed by atoms with Gasteiger partial charge in [0.15, 0.2) is 0 Å². The second-order valence-electron chi connectivity index (χ2n) is 3.03. The van der Waals surface area contributed by atoms with Crippen molar-refractivity contribution in [3.05, 3.63) is 23.3 Å². The first-order chi connectivity index (χ1) is 5.81. The largest absolute Gasteiger partial charge is 0.496 e. The van der Waals surface area contributed by atoms with Crippen LogP contribution >= 0.6 is 0 Å². The van der Waals surface area contributed by atoms with Gasteiger partial charge in [-0.3, -0.25) is 0 Å². The van der Waals surface area contributed by atoms with Gasteiger partial charge in [-0.25, -0.2) is 0 Å². The highest BCUT2D eigenvalue weighted by molar-refractivity contribution is 5.47. The Hall–Kier alpha value is -1.18. The molecule has 0 bridgehead atoms. The van der Waals surface area contributed by atoms with Crippen LogP contribution in [-0.4, -0.2) is 13.7 Å². The van der Waals surface area contributed by atoms with Gasteiger partial charge in [-0.1, -0.05) is 0 Å². The molecule has 0 aromatic heterocycles. The fraction of sp³-hybridized carbons (Fsp3) is 0.400. The second-order valence-corrected chi connectivity index (χ2v) is 3.03. The Morgan fingerprint density at radius 3 is 3.00 bits per heavy atom. The molecule has 12 heavy (non-hydrogen) atoms. The third-order valence-electron chi connectivity index (χ3n) is 2.21. The number of benzene rings is 1. The van der Waals surface area contributed by atoms with Crippen molar-refractivity contribution in [2.45, 2.75) is 13.3 Å². The molecule has 0 saturated carbocycles. The molecule has 2 rings (SSSR count). The van der Waals surface area contributed by atoms with Crippen LogP contribution in [0.25, 0.3) is 0 Å². The fourth-order valence-corrected chi connectivity index (χ4v) is 1.55. The van der Waals surface area contributed by atoms with Crippen molar-refractivity contribution >= 4 is 0 Å². The van der Waals surface area contributed by atoms with Crippen LogP contribution in [0, 0.1) is 6.92 Å². The van der Waals surface area contributed by atoms with Gasteiger partial charge >= 0.3 is 0 Å². The zero-order valence-corrected chi connectivity index (χ0v) is 7.39. The predicted molar refractivity (Wildman–Crippen MR) is 46.9 cm³/mol. The predicted octanol–water partition coefficient (Wildman–Crippen LogP) is 1.94. The molecule has 1 aliphatic heterocycles. The molecule has 0 N–H and O–H groups in total. The summed E-state index contributed by atoms with van der Waals surface area (Å²) in [4.78, 5) is 0. The molecule has 0 radical (unpaired) electrons. The molecular formula is C10H12O2. The molecular weight excluding hydrogens is 152 g/mol. The van der Waals surface area contributed by atoms with Crippen molar-refractivity contribution in [1.29, 1.82) is 0 Å². The zero-order chi connectivity index (χ0) is 8.55. The number of hydrogen-bond donors (Lipinski definition) is 0. The molecule has 0 atom stereocenters. The quantitative estimate of drug-likeness (QED) is 0.631. The molecule has 0 amide bonds. The summed E-state index contributed by atoms with van der Waals surface area (Å²) < 4.78 is 10.6. The number of aryl methyl sites for hydroxylation is 1. The van der Waals surface area contributed by atoms with Crippen LogP contribution in [-0.2, 0) is 6.42 Å². The van der Waals surface area contributed by atoms with Gasteiger partial charge in [-0.05, 0) is 24.1 Å². The van der Waals surface area contributed by atoms with E-state index in [-0.39, 0.29) is 0 Å². The first-order valence-corrected chi connectivity index (χ1v) is 4.11. The first kappa shape index (κ1) is 7.47. The standard InChI is InChI=1S/C10H12O2/c1-7-5-8-3-4-12-10(8)6-9(7)11-2/h5-6H,3-4H2,1-2H3. The van der Waals surface area contributed by atoms with Gasteiger partial charge in [0.2, 0.25) is 0 Å². The Morgan fingerprint density at radius 2 is 2.25 bits per heavy atom. The summed E-state index contributed by atoms with van der Waals surface area (Å²) in [5.41, 5.74) is 2.48. The third-order valence-corrected chi connectivity index (χ3v) is 2.21. The molecule has 2 nitrogen and oxygen atoms in total. The van der Waals surface area contributed by atoms with Gasteiger partial charge in [0.05, 0.1) is 13.7 Å². The molecule has 64 valence electrons. The van der Waals surface area contributed by atoms with Crippen molar-refractivity contribution in [2.75, 3.05) is 13.7 Å². The van der Waals surface area contributed by atoms with Crippen molar-refractivity contribution in [3.8, 4) is 11.5 Å². The van der Waals surface area contributed by atoms with E-state index in [0.29, 0.717) is 0 Å².